The normalized spacial score (nSPS) is 21.4. The van der Waals surface area contributed by atoms with Gasteiger partial charge < -0.3 is 10.1 Å². The van der Waals surface area contributed by atoms with Crippen LogP contribution < -0.4 is 5.32 Å². The molecule has 2 atom stereocenters. The van der Waals surface area contributed by atoms with E-state index in [0.29, 0.717) is 12.1 Å². The summed E-state index contributed by atoms with van der Waals surface area (Å²) in [4.78, 5) is 2.80. The molecule has 1 fully saturated rings. The van der Waals surface area contributed by atoms with Crippen molar-refractivity contribution >= 4 is 27.3 Å². The second-order valence-corrected chi connectivity index (χ2v) is 7.09. The van der Waals surface area contributed by atoms with Crippen LogP contribution in [0, 0.1) is 6.92 Å². The monoisotopic (exact) mass is 331 g/mol. The quantitative estimate of drug-likeness (QED) is 0.832. The molecule has 1 aliphatic rings. The summed E-state index contributed by atoms with van der Waals surface area (Å²) in [5.74, 6) is 0. The van der Waals surface area contributed by atoms with Gasteiger partial charge in [-0.25, -0.2) is 0 Å². The summed E-state index contributed by atoms with van der Waals surface area (Å²) in [6.45, 7) is 6.39. The van der Waals surface area contributed by atoms with Gasteiger partial charge in [0.1, 0.15) is 0 Å². The average Bonchev–Trinajstić information content (AvgIpc) is 2.94. The third-order valence-corrected chi connectivity index (χ3v) is 5.40. The van der Waals surface area contributed by atoms with Crippen molar-refractivity contribution in [1.29, 1.82) is 0 Å². The first-order valence-corrected chi connectivity index (χ1v) is 8.42. The highest BCUT2D eigenvalue weighted by atomic mass is 79.9. The molecule has 18 heavy (non-hydrogen) atoms. The fraction of sp³-hybridized carbons (Fsp3) is 0.714. The van der Waals surface area contributed by atoms with Gasteiger partial charge in [0.05, 0.1) is 6.10 Å². The molecule has 1 aromatic rings. The van der Waals surface area contributed by atoms with Gasteiger partial charge in [0, 0.05) is 26.9 Å². The van der Waals surface area contributed by atoms with E-state index < -0.39 is 0 Å². The largest absolute Gasteiger partial charge is 0.378 e. The van der Waals surface area contributed by atoms with E-state index in [1.54, 1.807) is 0 Å². The van der Waals surface area contributed by atoms with Crippen molar-refractivity contribution in [1.82, 2.24) is 5.32 Å². The Morgan fingerprint density at radius 3 is 3.00 bits per heavy atom. The summed E-state index contributed by atoms with van der Waals surface area (Å²) < 4.78 is 7.03. The molecule has 2 nitrogen and oxygen atoms in total. The fourth-order valence-electron chi connectivity index (χ4n) is 2.43. The van der Waals surface area contributed by atoms with Gasteiger partial charge in [-0.2, -0.15) is 0 Å². The molecule has 1 N–H and O–H groups in total. The Labute approximate surface area is 122 Å². The number of hydrogen-bond acceptors (Lipinski definition) is 3. The van der Waals surface area contributed by atoms with Gasteiger partial charge in [-0.3, -0.25) is 0 Å². The lowest BCUT2D eigenvalue weighted by Crippen LogP contribution is -2.25. The number of hydrogen-bond donors (Lipinski definition) is 1. The minimum atomic E-state index is 0.432. The topological polar surface area (TPSA) is 21.3 Å². The molecule has 1 saturated heterocycles. The molecule has 2 unspecified atom stereocenters. The van der Waals surface area contributed by atoms with Crippen molar-refractivity contribution in [3.05, 3.63) is 20.3 Å². The van der Waals surface area contributed by atoms with Gasteiger partial charge in [-0.05, 0) is 61.1 Å². The Kier molecular flexibility index (Phi) is 5.67. The summed E-state index contributed by atoms with van der Waals surface area (Å²) in [6, 6.07) is 2.65. The van der Waals surface area contributed by atoms with Crippen LogP contribution in [0.15, 0.2) is 10.5 Å². The van der Waals surface area contributed by atoms with Gasteiger partial charge in [-0.15, -0.1) is 11.3 Å². The molecular formula is C14H22BrNOS. The molecule has 2 heterocycles. The second kappa shape index (κ2) is 7.04. The van der Waals surface area contributed by atoms with Crippen LogP contribution >= 0.6 is 27.3 Å². The predicted molar refractivity (Wildman–Crippen MR) is 81.4 cm³/mol. The number of halogens is 1. The van der Waals surface area contributed by atoms with Gasteiger partial charge in [0.2, 0.25) is 0 Å². The van der Waals surface area contributed by atoms with Gasteiger partial charge in [-0.1, -0.05) is 6.92 Å². The van der Waals surface area contributed by atoms with Crippen molar-refractivity contribution in [3.8, 4) is 0 Å². The van der Waals surface area contributed by atoms with E-state index in [0.717, 1.165) is 19.6 Å². The van der Waals surface area contributed by atoms with Crippen LogP contribution in [0.4, 0.5) is 0 Å². The number of ether oxygens (including phenoxy) is 1. The molecule has 0 aromatic carbocycles. The van der Waals surface area contributed by atoms with Gasteiger partial charge in [0.15, 0.2) is 0 Å². The molecular weight excluding hydrogens is 310 g/mol. The number of rotatable bonds is 6. The third kappa shape index (κ3) is 3.80. The van der Waals surface area contributed by atoms with Crippen LogP contribution in [0.2, 0.25) is 0 Å². The van der Waals surface area contributed by atoms with E-state index in [2.05, 4.69) is 41.2 Å². The summed E-state index contributed by atoms with van der Waals surface area (Å²) in [7, 11) is 0. The summed E-state index contributed by atoms with van der Waals surface area (Å²) in [6.07, 6.45) is 5.14. The molecule has 102 valence electrons. The first kappa shape index (κ1) is 14.5. The van der Waals surface area contributed by atoms with Crippen LogP contribution in [0.25, 0.3) is 0 Å². The van der Waals surface area contributed by atoms with E-state index in [9.17, 15) is 0 Å². The Hall–Kier alpha value is 0.100. The smallest absolute Gasteiger partial charge is 0.0594 e. The number of aryl methyl sites for hydroxylation is 1. The van der Waals surface area contributed by atoms with Crippen LogP contribution in [-0.4, -0.2) is 19.3 Å². The van der Waals surface area contributed by atoms with Crippen molar-refractivity contribution in [2.75, 3.05) is 13.2 Å². The lowest BCUT2D eigenvalue weighted by atomic mass is 10.1. The number of nitrogens with one attached hydrogen (secondary N) is 1. The van der Waals surface area contributed by atoms with Crippen molar-refractivity contribution in [3.63, 3.8) is 0 Å². The zero-order valence-corrected chi connectivity index (χ0v) is 13.6. The van der Waals surface area contributed by atoms with Crippen molar-refractivity contribution in [2.24, 2.45) is 0 Å². The Morgan fingerprint density at radius 1 is 1.61 bits per heavy atom. The average molecular weight is 332 g/mol. The number of thiophene rings is 1. The molecule has 0 amide bonds. The second-order valence-electron chi connectivity index (χ2n) is 4.95. The molecule has 2 rings (SSSR count). The Morgan fingerprint density at radius 2 is 2.44 bits per heavy atom. The molecule has 0 spiro atoms. The Bertz CT molecular complexity index is 374. The fourth-order valence-corrected chi connectivity index (χ4v) is 4.45. The zero-order chi connectivity index (χ0) is 13.0. The van der Waals surface area contributed by atoms with Crippen LogP contribution in [0.1, 0.15) is 48.4 Å². The molecule has 0 saturated carbocycles. The van der Waals surface area contributed by atoms with E-state index in [-0.39, 0.29) is 0 Å². The highest BCUT2D eigenvalue weighted by Crippen LogP contribution is 2.35. The van der Waals surface area contributed by atoms with E-state index in [1.807, 2.05) is 11.3 Å². The Balaban J connectivity index is 2.05. The SMILES string of the molecule is CCCNC(CC1CCCO1)c1sc(C)cc1Br. The highest BCUT2D eigenvalue weighted by Gasteiger charge is 2.24. The van der Waals surface area contributed by atoms with Crippen molar-refractivity contribution in [2.45, 2.75) is 51.7 Å². The van der Waals surface area contributed by atoms with Gasteiger partial charge >= 0.3 is 0 Å². The standard InChI is InChI=1S/C14H22BrNOS/c1-3-6-16-13(9-11-5-4-7-17-11)14-12(15)8-10(2)18-14/h8,11,13,16H,3-7,9H2,1-2H3. The van der Waals surface area contributed by atoms with Crippen LogP contribution in [0.3, 0.4) is 0 Å². The summed E-state index contributed by atoms with van der Waals surface area (Å²) in [5, 5.41) is 3.67. The molecule has 0 bridgehead atoms. The maximum absolute atomic E-state index is 5.78. The molecule has 0 aliphatic carbocycles. The van der Waals surface area contributed by atoms with E-state index in [4.69, 9.17) is 4.74 Å². The van der Waals surface area contributed by atoms with E-state index >= 15 is 0 Å². The van der Waals surface area contributed by atoms with Crippen LogP contribution in [0.5, 0.6) is 0 Å². The first-order valence-electron chi connectivity index (χ1n) is 6.81. The first-order chi connectivity index (χ1) is 8.70. The molecule has 0 radical (unpaired) electrons. The summed E-state index contributed by atoms with van der Waals surface area (Å²) >= 11 is 5.58. The minimum absolute atomic E-state index is 0.432. The predicted octanol–water partition coefficient (Wildman–Crippen LogP) is 4.43. The summed E-state index contributed by atoms with van der Waals surface area (Å²) in [5.41, 5.74) is 0. The molecule has 1 aromatic heterocycles. The maximum atomic E-state index is 5.78. The van der Waals surface area contributed by atoms with Gasteiger partial charge in [0.25, 0.3) is 0 Å². The molecule has 1 aliphatic heterocycles. The minimum Gasteiger partial charge on any atom is -0.378 e. The van der Waals surface area contributed by atoms with Crippen molar-refractivity contribution < 1.29 is 4.74 Å². The maximum Gasteiger partial charge on any atom is 0.0594 e. The van der Waals surface area contributed by atoms with E-state index in [1.165, 1.54) is 33.5 Å². The highest BCUT2D eigenvalue weighted by molar-refractivity contribution is 9.10. The zero-order valence-electron chi connectivity index (χ0n) is 11.2. The molecule has 4 heteroatoms. The lowest BCUT2D eigenvalue weighted by molar-refractivity contribution is 0.0948. The third-order valence-electron chi connectivity index (χ3n) is 3.32. The van der Waals surface area contributed by atoms with Crippen LogP contribution in [-0.2, 0) is 4.74 Å². The lowest BCUT2D eigenvalue weighted by Gasteiger charge is -2.21.